The summed E-state index contributed by atoms with van der Waals surface area (Å²) in [6, 6.07) is 8.38. The standard InChI is InChI=1S/C21H28N6O/c1-16-5-6-17(13-18(16)15-26(3)10-4-12-28)19-14-24-27-11-7-20(25-21(19)27)23-9-8-22-2/h5-7,11-14,22H,4,8-10,15H2,1-3H3,(H,23,25). The number of hydrogen-bond acceptors (Lipinski definition) is 6. The van der Waals surface area contributed by atoms with Gasteiger partial charge in [-0.3, -0.25) is 0 Å². The molecule has 3 rings (SSSR count). The fraction of sp³-hybridized carbons (Fsp3) is 0.381. The lowest BCUT2D eigenvalue weighted by molar-refractivity contribution is -0.108. The Hall–Kier alpha value is -2.77. The summed E-state index contributed by atoms with van der Waals surface area (Å²) < 4.78 is 1.80. The average Bonchev–Trinajstić information content (AvgIpc) is 3.11. The van der Waals surface area contributed by atoms with Gasteiger partial charge >= 0.3 is 0 Å². The maximum atomic E-state index is 10.6. The summed E-state index contributed by atoms with van der Waals surface area (Å²) in [5.41, 5.74) is 5.42. The molecule has 7 heteroatoms. The molecule has 0 saturated carbocycles. The van der Waals surface area contributed by atoms with Crippen molar-refractivity contribution in [2.24, 2.45) is 0 Å². The molecule has 0 bridgehead atoms. The van der Waals surface area contributed by atoms with Gasteiger partial charge in [-0.2, -0.15) is 5.10 Å². The number of carbonyl (C=O) groups excluding carboxylic acids is 1. The van der Waals surface area contributed by atoms with E-state index in [-0.39, 0.29) is 0 Å². The summed E-state index contributed by atoms with van der Waals surface area (Å²) in [5.74, 6) is 0.838. The number of aldehydes is 1. The molecule has 148 valence electrons. The van der Waals surface area contributed by atoms with E-state index in [4.69, 9.17) is 4.98 Å². The van der Waals surface area contributed by atoms with Gasteiger partial charge in [0.05, 0.1) is 6.20 Å². The Bertz CT molecular complexity index is 936. The zero-order chi connectivity index (χ0) is 19.9. The number of likely N-dealkylation sites (N-methyl/N-ethyl adjacent to an activating group) is 1. The van der Waals surface area contributed by atoms with Gasteiger partial charge in [-0.1, -0.05) is 12.1 Å². The van der Waals surface area contributed by atoms with Crippen LogP contribution in [0, 0.1) is 6.92 Å². The van der Waals surface area contributed by atoms with Crippen LogP contribution in [0.15, 0.2) is 36.7 Å². The minimum atomic E-state index is 0.552. The predicted octanol–water partition coefficient (Wildman–Crippen LogP) is 2.36. The normalized spacial score (nSPS) is 11.3. The van der Waals surface area contributed by atoms with Crippen molar-refractivity contribution in [3.8, 4) is 11.1 Å². The summed E-state index contributed by atoms with van der Waals surface area (Å²) in [7, 11) is 3.97. The second-order valence-corrected chi connectivity index (χ2v) is 7.00. The van der Waals surface area contributed by atoms with Crippen LogP contribution < -0.4 is 10.6 Å². The Morgan fingerprint density at radius 2 is 2.11 bits per heavy atom. The lowest BCUT2D eigenvalue weighted by atomic mass is 10.0. The molecular formula is C21H28N6O. The molecule has 1 aromatic carbocycles. The minimum absolute atomic E-state index is 0.552. The molecule has 0 fully saturated rings. The summed E-state index contributed by atoms with van der Waals surface area (Å²) in [5, 5.41) is 10.9. The third-order valence-electron chi connectivity index (χ3n) is 4.78. The number of aromatic nitrogens is 3. The molecule has 0 spiro atoms. The van der Waals surface area contributed by atoms with Crippen molar-refractivity contribution in [1.29, 1.82) is 0 Å². The molecule has 2 N–H and O–H groups in total. The highest BCUT2D eigenvalue weighted by molar-refractivity contribution is 5.78. The van der Waals surface area contributed by atoms with Crippen molar-refractivity contribution in [3.05, 3.63) is 47.8 Å². The van der Waals surface area contributed by atoms with Crippen LogP contribution in [0.4, 0.5) is 5.82 Å². The number of benzene rings is 1. The average molecular weight is 380 g/mol. The van der Waals surface area contributed by atoms with E-state index in [1.807, 2.05) is 32.6 Å². The third kappa shape index (κ3) is 4.74. The highest BCUT2D eigenvalue weighted by Crippen LogP contribution is 2.26. The monoisotopic (exact) mass is 380 g/mol. The minimum Gasteiger partial charge on any atom is -0.369 e. The van der Waals surface area contributed by atoms with E-state index in [1.165, 1.54) is 11.1 Å². The molecule has 28 heavy (non-hydrogen) atoms. The Morgan fingerprint density at radius 1 is 1.25 bits per heavy atom. The molecule has 2 aromatic heterocycles. The largest absolute Gasteiger partial charge is 0.369 e. The lowest BCUT2D eigenvalue weighted by Gasteiger charge is -2.17. The van der Waals surface area contributed by atoms with Gasteiger partial charge < -0.3 is 20.3 Å². The first-order valence-electron chi connectivity index (χ1n) is 9.57. The number of hydrogen-bond donors (Lipinski definition) is 2. The van der Waals surface area contributed by atoms with Gasteiger partial charge in [-0.15, -0.1) is 0 Å². The van der Waals surface area contributed by atoms with Gasteiger partial charge in [0.25, 0.3) is 0 Å². The van der Waals surface area contributed by atoms with Crippen molar-refractivity contribution in [3.63, 3.8) is 0 Å². The van der Waals surface area contributed by atoms with Crippen molar-refractivity contribution >= 4 is 17.8 Å². The van der Waals surface area contributed by atoms with Gasteiger partial charge in [-0.05, 0) is 49.8 Å². The number of fused-ring (bicyclic) bond motifs is 1. The van der Waals surface area contributed by atoms with Gasteiger partial charge in [0.15, 0.2) is 5.65 Å². The molecule has 0 radical (unpaired) electrons. The van der Waals surface area contributed by atoms with Crippen LogP contribution in [0.3, 0.4) is 0 Å². The number of aryl methyl sites for hydroxylation is 1. The molecule has 0 aliphatic heterocycles. The number of rotatable bonds is 10. The molecule has 0 amide bonds. The number of nitrogens with zero attached hydrogens (tertiary/aromatic N) is 4. The van der Waals surface area contributed by atoms with E-state index in [2.05, 4.69) is 45.8 Å². The SMILES string of the molecule is CNCCNc1ccn2ncc(-c3ccc(C)c(CN(C)CCC=O)c3)c2n1. The van der Waals surface area contributed by atoms with E-state index >= 15 is 0 Å². The maximum Gasteiger partial charge on any atom is 0.165 e. The highest BCUT2D eigenvalue weighted by Gasteiger charge is 2.11. The number of anilines is 1. The van der Waals surface area contributed by atoms with Crippen LogP contribution in [0.25, 0.3) is 16.8 Å². The molecule has 0 unspecified atom stereocenters. The molecule has 0 aliphatic carbocycles. The van der Waals surface area contributed by atoms with Crippen LogP contribution in [-0.2, 0) is 11.3 Å². The van der Waals surface area contributed by atoms with E-state index < -0.39 is 0 Å². The fourth-order valence-corrected chi connectivity index (χ4v) is 3.14. The van der Waals surface area contributed by atoms with Crippen LogP contribution in [0.1, 0.15) is 17.5 Å². The Morgan fingerprint density at radius 3 is 2.89 bits per heavy atom. The van der Waals surface area contributed by atoms with Crippen molar-refractivity contribution in [2.45, 2.75) is 19.9 Å². The number of nitrogens with one attached hydrogen (secondary N) is 2. The zero-order valence-corrected chi connectivity index (χ0v) is 16.8. The Kier molecular flexibility index (Phi) is 6.73. The Balaban J connectivity index is 1.88. The fourth-order valence-electron chi connectivity index (χ4n) is 3.14. The lowest BCUT2D eigenvalue weighted by Crippen LogP contribution is -2.19. The second kappa shape index (κ2) is 9.43. The van der Waals surface area contributed by atoms with Crippen LogP contribution >= 0.6 is 0 Å². The van der Waals surface area contributed by atoms with Crippen LogP contribution in [0.5, 0.6) is 0 Å². The zero-order valence-electron chi connectivity index (χ0n) is 16.8. The maximum absolute atomic E-state index is 10.6. The first kappa shape index (κ1) is 20.0. The van der Waals surface area contributed by atoms with E-state index in [1.54, 1.807) is 4.52 Å². The van der Waals surface area contributed by atoms with Crippen molar-refractivity contribution in [2.75, 3.05) is 39.0 Å². The van der Waals surface area contributed by atoms with E-state index in [0.29, 0.717) is 6.42 Å². The molecule has 0 saturated heterocycles. The molecule has 0 atom stereocenters. The topological polar surface area (TPSA) is 74.6 Å². The summed E-state index contributed by atoms with van der Waals surface area (Å²) >= 11 is 0. The third-order valence-corrected chi connectivity index (χ3v) is 4.78. The van der Waals surface area contributed by atoms with Crippen molar-refractivity contribution < 1.29 is 4.79 Å². The molecule has 0 aliphatic rings. The van der Waals surface area contributed by atoms with Gasteiger partial charge in [-0.25, -0.2) is 9.50 Å². The molecule has 7 nitrogen and oxygen atoms in total. The van der Waals surface area contributed by atoms with E-state index in [0.717, 1.165) is 55.1 Å². The van der Waals surface area contributed by atoms with Crippen LogP contribution in [0.2, 0.25) is 0 Å². The molecular weight excluding hydrogens is 352 g/mol. The van der Waals surface area contributed by atoms with Gasteiger partial charge in [0, 0.05) is 44.4 Å². The first-order valence-corrected chi connectivity index (χ1v) is 9.57. The summed E-state index contributed by atoms with van der Waals surface area (Å²) in [6.07, 6.45) is 5.31. The highest BCUT2D eigenvalue weighted by atomic mass is 16.1. The summed E-state index contributed by atoms with van der Waals surface area (Å²) in [4.78, 5) is 17.5. The number of carbonyl (C=O) groups is 1. The van der Waals surface area contributed by atoms with Gasteiger partial charge in [0.2, 0.25) is 0 Å². The van der Waals surface area contributed by atoms with Crippen LogP contribution in [-0.4, -0.2) is 59.5 Å². The molecule has 3 aromatic rings. The summed E-state index contributed by atoms with van der Waals surface area (Å²) in [6.45, 7) is 5.36. The Labute approximate surface area is 165 Å². The quantitative estimate of drug-likeness (QED) is 0.415. The second-order valence-electron chi connectivity index (χ2n) is 7.00. The van der Waals surface area contributed by atoms with Crippen molar-refractivity contribution in [1.82, 2.24) is 24.8 Å². The van der Waals surface area contributed by atoms with Gasteiger partial charge in [0.1, 0.15) is 12.1 Å². The predicted molar refractivity (Wildman–Crippen MR) is 113 cm³/mol. The van der Waals surface area contributed by atoms with E-state index in [9.17, 15) is 4.79 Å². The first-order chi connectivity index (χ1) is 13.6. The smallest absolute Gasteiger partial charge is 0.165 e. The molecule has 2 heterocycles.